The second-order valence-electron chi connectivity index (χ2n) is 8.24. The fraction of sp³-hybridized carbons (Fsp3) is 0.762. The molecule has 0 unspecified atom stereocenters. The number of hydrogen-bond donors (Lipinski definition) is 0. The molecular formula is C21H32N4O2. The van der Waals surface area contributed by atoms with Gasteiger partial charge in [-0.05, 0) is 37.7 Å². The summed E-state index contributed by atoms with van der Waals surface area (Å²) in [6.07, 6.45) is 12.5. The van der Waals surface area contributed by atoms with E-state index in [4.69, 9.17) is 9.72 Å². The third kappa shape index (κ3) is 4.78. The number of hydrogen-bond acceptors (Lipinski definition) is 5. The van der Waals surface area contributed by atoms with Crippen molar-refractivity contribution in [1.29, 1.82) is 0 Å². The SMILES string of the molecule is O=C(CC1CCCCCC1)N1CCO[C@@H](c2ccnc(N3CCCC3)n2)C1. The Morgan fingerprint density at radius 2 is 1.85 bits per heavy atom. The third-order valence-electron chi connectivity index (χ3n) is 6.24. The van der Waals surface area contributed by atoms with Crippen molar-refractivity contribution in [2.45, 2.75) is 63.9 Å². The molecule has 0 radical (unpaired) electrons. The van der Waals surface area contributed by atoms with E-state index in [1.807, 2.05) is 17.2 Å². The van der Waals surface area contributed by atoms with Crippen molar-refractivity contribution >= 4 is 11.9 Å². The minimum Gasteiger partial charge on any atom is -0.368 e. The van der Waals surface area contributed by atoms with Gasteiger partial charge in [-0.15, -0.1) is 0 Å². The molecule has 1 aliphatic carbocycles. The average Bonchev–Trinajstić information content (AvgIpc) is 3.14. The summed E-state index contributed by atoms with van der Waals surface area (Å²) in [5.41, 5.74) is 0.902. The first kappa shape index (κ1) is 18.7. The summed E-state index contributed by atoms with van der Waals surface area (Å²) in [6, 6.07) is 1.93. The standard InChI is InChI=1S/C21H32N4O2/c26-20(15-17-7-3-1-2-4-8-17)25-13-14-27-19(16-25)18-9-10-22-21(23-18)24-11-5-6-12-24/h9-10,17,19H,1-8,11-16H2/t19-/m1/s1. The van der Waals surface area contributed by atoms with Crippen LogP contribution in [0.1, 0.15) is 69.6 Å². The van der Waals surface area contributed by atoms with Gasteiger partial charge in [-0.1, -0.05) is 25.7 Å². The van der Waals surface area contributed by atoms with Crippen molar-refractivity contribution in [3.05, 3.63) is 18.0 Å². The number of carbonyl (C=O) groups is 1. The van der Waals surface area contributed by atoms with E-state index in [-0.39, 0.29) is 6.10 Å². The Bertz CT molecular complexity index is 624. The van der Waals surface area contributed by atoms with Crippen LogP contribution in [-0.4, -0.2) is 53.6 Å². The number of carbonyl (C=O) groups excluding carboxylic acids is 1. The van der Waals surface area contributed by atoms with Crippen molar-refractivity contribution in [2.24, 2.45) is 5.92 Å². The van der Waals surface area contributed by atoms with Crippen LogP contribution in [-0.2, 0) is 9.53 Å². The third-order valence-corrected chi connectivity index (χ3v) is 6.24. The first-order valence-electron chi connectivity index (χ1n) is 10.8. The van der Waals surface area contributed by atoms with Crippen LogP contribution in [0.25, 0.3) is 0 Å². The lowest BCUT2D eigenvalue weighted by Gasteiger charge is -2.33. The molecule has 148 valence electrons. The van der Waals surface area contributed by atoms with Gasteiger partial charge < -0.3 is 14.5 Å². The molecule has 0 N–H and O–H groups in total. The number of morpholine rings is 1. The molecule has 6 nitrogen and oxygen atoms in total. The second-order valence-corrected chi connectivity index (χ2v) is 8.24. The van der Waals surface area contributed by atoms with E-state index in [2.05, 4.69) is 9.88 Å². The van der Waals surface area contributed by atoms with Gasteiger partial charge >= 0.3 is 0 Å². The molecule has 3 aliphatic rings. The highest BCUT2D eigenvalue weighted by Gasteiger charge is 2.28. The topological polar surface area (TPSA) is 58.6 Å². The molecule has 6 heteroatoms. The Morgan fingerprint density at radius 1 is 1.07 bits per heavy atom. The fourth-order valence-corrected chi connectivity index (χ4v) is 4.61. The lowest BCUT2D eigenvalue weighted by Crippen LogP contribution is -2.43. The molecule has 0 aromatic carbocycles. The Kier molecular flexibility index (Phi) is 6.22. The molecule has 0 bridgehead atoms. The maximum atomic E-state index is 12.9. The van der Waals surface area contributed by atoms with Gasteiger partial charge in [0.2, 0.25) is 11.9 Å². The summed E-state index contributed by atoms with van der Waals surface area (Å²) in [6.45, 7) is 3.96. The van der Waals surface area contributed by atoms with Crippen molar-refractivity contribution < 1.29 is 9.53 Å². The number of nitrogens with zero attached hydrogens (tertiary/aromatic N) is 4. The Labute approximate surface area is 162 Å². The Morgan fingerprint density at radius 3 is 2.63 bits per heavy atom. The smallest absolute Gasteiger partial charge is 0.225 e. The molecule has 27 heavy (non-hydrogen) atoms. The first-order valence-corrected chi connectivity index (χ1v) is 10.8. The summed E-state index contributed by atoms with van der Waals surface area (Å²) in [7, 11) is 0. The van der Waals surface area contributed by atoms with Gasteiger partial charge in [0, 0.05) is 32.3 Å². The monoisotopic (exact) mass is 372 g/mol. The van der Waals surface area contributed by atoms with Gasteiger partial charge in [0.05, 0.1) is 18.8 Å². The molecule has 1 saturated carbocycles. The van der Waals surface area contributed by atoms with Gasteiger partial charge in [-0.3, -0.25) is 4.79 Å². The van der Waals surface area contributed by atoms with Gasteiger partial charge in [0.25, 0.3) is 0 Å². The maximum absolute atomic E-state index is 12.9. The minimum absolute atomic E-state index is 0.138. The van der Waals surface area contributed by atoms with E-state index in [0.29, 0.717) is 37.9 Å². The summed E-state index contributed by atoms with van der Waals surface area (Å²) < 4.78 is 5.97. The summed E-state index contributed by atoms with van der Waals surface area (Å²) in [4.78, 5) is 26.3. The lowest BCUT2D eigenvalue weighted by molar-refractivity contribution is -0.140. The van der Waals surface area contributed by atoms with Crippen LogP contribution in [0.3, 0.4) is 0 Å². The highest BCUT2D eigenvalue weighted by molar-refractivity contribution is 5.76. The van der Waals surface area contributed by atoms with Crippen LogP contribution < -0.4 is 4.90 Å². The molecule has 1 aromatic heterocycles. The van der Waals surface area contributed by atoms with Crippen LogP contribution in [0, 0.1) is 5.92 Å². The van der Waals surface area contributed by atoms with E-state index < -0.39 is 0 Å². The average molecular weight is 373 g/mol. The van der Waals surface area contributed by atoms with Crippen LogP contribution in [0.4, 0.5) is 5.95 Å². The van der Waals surface area contributed by atoms with E-state index in [9.17, 15) is 4.79 Å². The quantitative estimate of drug-likeness (QED) is 0.759. The minimum atomic E-state index is -0.138. The van der Waals surface area contributed by atoms with Gasteiger partial charge in [0.15, 0.2) is 0 Å². The molecule has 3 heterocycles. The molecule has 1 amide bonds. The maximum Gasteiger partial charge on any atom is 0.225 e. The van der Waals surface area contributed by atoms with E-state index in [1.165, 1.54) is 51.4 Å². The number of amides is 1. The zero-order valence-corrected chi connectivity index (χ0v) is 16.3. The molecule has 4 rings (SSSR count). The van der Waals surface area contributed by atoms with Crippen molar-refractivity contribution in [3.63, 3.8) is 0 Å². The lowest BCUT2D eigenvalue weighted by atomic mass is 9.96. The number of ether oxygens (including phenoxy) is 1. The van der Waals surface area contributed by atoms with Crippen LogP contribution in [0.5, 0.6) is 0 Å². The van der Waals surface area contributed by atoms with E-state index in [0.717, 1.165) is 24.7 Å². The van der Waals surface area contributed by atoms with Gasteiger partial charge in [-0.2, -0.15) is 0 Å². The van der Waals surface area contributed by atoms with Crippen LogP contribution >= 0.6 is 0 Å². The summed E-state index contributed by atoms with van der Waals surface area (Å²) in [5.74, 6) is 1.67. The van der Waals surface area contributed by atoms with Gasteiger partial charge in [0.1, 0.15) is 6.10 Å². The molecular weight excluding hydrogens is 340 g/mol. The summed E-state index contributed by atoms with van der Waals surface area (Å²) >= 11 is 0. The number of anilines is 1. The second kappa shape index (κ2) is 9.00. The summed E-state index contributed by atoms with van der Waals surface area (Å²) in [5, 5.41) is 0. The molecule has 3 fully saturated rings. The predicted molar refractivity (Wildman–Crippen MR) is 105 cm³/mol. The zero-order valence-electron chi connectivity index (χ0n) is 16.3. The fourth-order valence-electron chi connectivity index (χ4n) is 4.61. The van der Waals surface area contributed by atoms with Crippen LogP contribution in [0.2, 0.25) is 0 Å². The van der Waals surface area contributed by atoms with Gasteiger partial charge in [-0.25, -0.2) is 9.97 Å². The molecule has 2 saturated heterocycles. The van der Waals surface area contributed by atoms with E-state index >= 15 is 0 Å². The van der Waals surface area contributed by atoms with E-state index in [1.54, 1.807) is 0 Å². The number of aromatic nitrogens is 2. The molecule has 2 aliphatic heterocycles. The first-order chi connectivity index (χ1) is 13.3. The van der Waals surface area contributed by atoms with Crippen molar-refractivity contribution in [1.82, 2.24) is 14.9 Å². The van der Waals surface area contributed by atoms with Crippen molar-refractivity contribution in [2.75, 3.05) is 37.7 Å². The van der Waals surface area contributed by atoms with Crippen molar-refractivity contribution in [3.8, 4) is 0 Å². The highest BCUT2D eigenvalue weighted by atomic mass is 16.5. The normalized spacial score (nSPS) is 24.8. The largest absolute Gasteiger partial charge is 0.368 e. The zero-order chi connectivity index (χ0) is 18.5. The molecule has 1 aromatic rings. The highest BCUT2D eigenvalue weighted by Crippen LogP contribution is 2.28. The molecule has 0 spiro atoms. The van der Waals surface area contributed by atoms with Crippen LogP contribution in [0.15, 0.2) is 12.3 Å². The Hall–Kier alpha value is -1.69. The number of rotatable bonds is 4. The Balaban J connectivity index is 1.37. The molecule has 1 atom stereocenters. The predicted octanol–water partition coefficient (Wildman–Crippen LogP) is 3.34.